The van der Waals surface area contributed by atoms with E-state index in [1.54, 1.807) is 19.4 Å². The van der Waals surface area contributed by atoms with Gasteiger partial charge in [-0.1, -0.05) is 60.2 Å². The van der Waals surface area contributed by atoms with Crippen LogP contribution in [0.4, 0.5) is 0 Å². The van der Waals surface area contributed by atoms with E-state index < -0.39 is 0 Å². The van der Waals surface area contributed by atoms with Gasteiger partial charge in [-0.05, 0) is 75.7 Å². The standard InChI is InChI=1S/C27H23IN2O3/c1-18-7-5-10-21(13-18)27(31)30-29-16-19-14-24(28)26(25(15-19)32-2)33-17-22-11-6-9-20-8-3-4-12-23(20)22/h3-16H,17H2,1-2H3,(H,30,31)/b29-16+. The van der Waals surface area contributed by atoms with Crippen LogP contribution in [0.1, 0.15) is 27.0 Å². The minimum Gasteiger partial charge on any atom is -0.493 e. The summed E-state index contributed by atoms with van der Waals surface area (Å²) in [5.74, 6) is 1.02. The van der Waals surface area contributed by atoms with Gasteiger partial charge in [0.15, 0.2) is 11.5 Å². The fraction of sp³-hybridized carbons (Fsp3) is 0.111. The lowest BCUT2D eigenvalue weighted by Crippen LogP contribution is -2.17. The van der Waals surface area contributed by atoms with Gasteiger partial charge in [0.25, 0.3) is 5.91 Å². The van der Waals surface area contributed by atoms with Crippen LogP contribution in [0.5, 0.6) is 11.5 Å². The second-order valence-corrected chi connectivity index (χ2v) is 8.69. The normalized spacial score (nSPS) is 11.0. The number of carbonyl (C=O) groups is 1. The number of nitrogens with zero attached hydrogens (tertiary/aromatic N) is 1. The third-order valence-electron chi connectivity index (χ3n) is 5.16. The topological polar surface area (TPSA) is 59.9 Å². The highest BCUT2D eigenvalue weighted by atomic mass is 127. The summed E-state index contributed by atoms with van der Waals surface area (Å²) in [6.07, 6.45) is 1.59. The van der Waals surface area contributed by atoms with E-state index in [2.05, 4.69) is 57.4 Å². The number of rotatable bonds is 7. The van der Waals surface area contributed by atoms with E-state index in [9.17, 15) is 4.79 Å². The van der Waals surface area contributed by atoms with E-state index in [4.69, 9.17) is 9.47 Å². The maximum atomic E-state index is 12.3. The lowest BCUT2D eigenvalue weighted by molar-refractivity contribution is 0.0955. The lowest BCUT2D eigenvalue weighted by atomic mass is 10.1. The second-order valence-electron chi connectivity index (χ2n) is 7.53. The Morgan fingerprint density at radius 3 is 2.64 bits per heavy atom. The predicted molar refractivity (Wildman–Crippen MR) is 140 cm³/mol. The van der Waals surface area contributed by atoms with Crippen LogP contribution in [0.2, 0.25) is 0 Å². The van der Waals surface area contributed by atoms with Gasteiger partial charge in [0.2, 0.25) is 0 Å². The third-order valence-corrected chi connectivity index (χ3v) is 5.96. The molecule has 0 radical (unpaired) electrons. The predicted octanol–water partition coefficient (Wildman–Crippen LogP) is 6.10. The molecule has 0 spiro atoms. The molecule has 0 fully saturated rings. The minimum atomic E-state index is -0.258. The first-order valence-corrected chi connectivity index (χ1v) is 11.5. The van der Waals surface area contributed by atoms with Crippen LogP contribution in [-0.2, 0) is 6.61 Å². The summed E-state index contributed by atoms with van der Waals surface area (Å²) in [7, 11) is 1.61. The molecule has 5 nitrogen and oxygen atoms in total. The molecule has 166 valence electrons. The molecule has 0 unspecified atom stereocenters. The third kappa shape index (κ3) is 5.51. The maximum absolute atomic E-state index is 12.3. The van der Waals surface area contributed by atoms with Crippen molar-refractivity contribution < 1.29 is 14.3 Å². The zero-order valence-corrected chi connectivity index (χ0v) is 20.5. The first-order chi connectivity index (χ1) is 16.0. The molecule has 0 aromatic heterocycles. The number of fused-ring (bicyclic) bond motifs is 1. The van der Waals surface area contributed by atoms with Crippen LogP contribution in [0.3, 0.4) is 0 Å². The highest BCUT2D eigenvalue weighted by molar-refractivity contribution is 14.1. The average Bonchev–Trinajstić information content (AvgIpc) is 2.83. The van der Waals surface area contributed by atoms with E-state index in [0.29, 0.717) is 23.7 Å². The summed E-state index contributed by atoms with van der Waals surface area (Å²) in [6, 6.07) is 25.6. The molecule has 0 bridgehead atoms. The number of amides is 1. The van der Waals surface area contributed by atoms with Crippen molar-refractivity contribution >= 4 is 45.5 Å². The molecule has 4 aromatic carbocycles. The van der Waals surface area contributed by atoms with Crippen LogP contribution >= 0.6 is 22.6 Å². The number of methoxy groups -OCH3 is 1. The maximum Gasteiger partial charge on any atom is 0.271 e. The molecule has 4 rings (SSSR count). The number of carbonyl (C=O) groups excluding carboxylic acids is 1. The van der Waals surface area contributed by atoms with E-state index in [0.717, 1.165) is 20.3 Å². The van der Waals surface area contributed by atoms with Gasteiger partial charge < -0.3 is 9.47 Å². The molecule has 0 aliphatic heterocycles. The fourth-order valence-corrected chi connectivity index (χ4v) is 4.32. The van der Waals surface area contributed by atoms with Crippen LogP contribution < -0.4 is 14.9 Å². The molecule has 0 atom stereocenters. The average molecular weight is 550 g/mol. The molecule has 0 saturated heterocycles. The van der Waals surface area contributed by atoms with Crippen LogP contribution in [0, 0.1) is 10.5 Å². The Kier molecular flexibility index (Phi) is 7.24. The van der Waals surface area contributed by atoms with E-state index in [-0.39, 0.29) is 5.91 Å². The molecule has 0 heterocycles. The van der Waals surface area contributed by atoms with Gasteiger partial charge in [0.05, 0.1) is 16.9 Å². The van der Waals surface area contributed by atoms with Crippen molar-refractivity contribution in [3.05, 3.63) is 105 Å². The van der Waals surface area contributed by atoms with Crippen molar-refractivity contribution in [3.8, 4) is 11.5 Å². The number of nitrogens with one attached hydrogen (secondary N) is 1. The van der Waals surface area contributed by atoms with Gasteiger partial charge in [-0.3, -0.25) is 4.79 Å². The summed E-state index contributed by atoms with van der Waals surface area (Å²) in [5.41, 5.74) is 6.05. The van der Waals surface area contributed by atoms with Crippen LogP contribution in [0.15, 0.2) is 84.0 Å². The zero-order chi connectivity index (χ0) is 23.2. The monoisotopic (exact) mass is 550 g/mol. The summed E-state index contributed by atoms with van der Waals surface area (Å²) < 4.78 is 12.6. The molecule has 33 heavy (non-hydrogen) atoms. The number of ether oxygens (including phenoxy) is 2. The van der Waals surface area contributed by atoms with Gasteiger partial charge in [-0.2, -0.15) is 5.10 Å². The number of hydrazone groups is 1. The van der Waals surface area contributed by atoms with Crippen LogP contribution in [-0.4, -0.2) is 19.2 Å². The first kappa shape index (κ1) is 22.8. The number of hydrogen-bond donors (Lipinski definition) is 1. The highest BCUT2D eigenvalue weighted by Crippen LogP contribution is 2.34. The van der Waals surface area contributed by atoms with E-state index in [1.807, 2.05) is 55.5 Å². The summed E-state index contributed by atoms with van der Waals surface area (Å²) in [5, 5.41) is 6.45. The van der Waals surface area contributed by atoms with Crippen molar-refractivity contribution in [2.45, 2.75) is 13.5 Å². The van der Waals surface area contributed by atoms with Gasteiger partial charge in [-0.25, -0.2) is 5.43 Å². The zero-order valence-electron chi connectivity index (χ0n) is 18.3. The van der Waals surface area contributed by atoms with Gasteiger partial charge in [0.1, 0.15) is 6.61 Å². The van der Waals surface area contributed by atoms with Crippen molar-refractivity contribution in [2.24, 2.45) is 5.10 Å². The molecule has 0 aliphatic rings. The largest absolute Gasteiger partial charge is 0.493 e. The lowest BCUT2D eigenvalue weighted by Gasteiger charge is -2.14. The Labute approximate surface area is 206 Å². The fourth-order valence-electron chi connectivity index (χ4n) is 3.54. The Balaban J connectivity index is 1.48. The molecule has 0 aliphatic carbocycles. The van der Waals surface area contributed by atoms with Crippen LogP contribution in [0.25, 0.3) is 10.8 Å². The van der Waals surface area contributed by atoms with Gasteiger partial charge in [0, 0.05) is 5.56 Å². The highest BCUT2D eigenvalue weighted by Gasteiger charge is 2.12. The molecular formula is C27H23IN2O3. The van der Waals surface area contributed by atoms with Crippen molar-refractivity contribution in [1.29, 1.82) is 0 Å². The molecule has 1 N–H and O–H groups in total. The summed E-state index contributed by atoms with van der Waals surface area (Å²) >= 11 is 2.22. The number of aryl methyl sites for hydroxylation is 1. The van der Waals surface area contributed by atoms with E-state index >= 15 is 0 Å². The quantitative estimate of drug-likeness (QED) is 0.172. The van der Waals surface area contributed by atoms with Gasteiger partial charge in [-0.15, -0.1) is 0 Å². The minimum absolute atomic E-state index is 0.258. The Hall–Kier alpha value is -3.39. The molecule has 0 saturated carbocycles. The Morgan fingerprint density at radius 2 is 1.82 bits per heavy atom. The van der Waals surface area contributed by atoms with Crippen molar-refractivity contribution in [2.75, 3.05) is 7.11 Å². The van der Waals surface area contributed by atoms with Crippen molar-refractivity contribution in [1.82, 2.24) is 5.43 Å². The molecule has 1 amide bonds. The van der Waals surface area contributed by atoms with Crippen molar-refractivity contribution in [3.63, 3.8) is 0 Å². The summed E-state index contributed by atoms with van der Waals surface area (Å²) in [6.45, 7) is 2.37. The smallest absolute Gasteiger partial charge is 0.271 e. The number of benzene rings is 4. The molecule has 6 heteroatoms. The molecular weight excluding hydrogens is 527 g/mol. The Bertz CT molecular complexity index is 1330. The SMILES string of the molecule is COc1cc(/C=N/NC(=O)c2cccc(C)c2)cc(I)c1OCc1cccc2ccccc12. The Morgan fingerprint density at radius 1 is 1.03 bits per heavy atom. The summed E-state index contributed by atoms with van der Waals surface area (Å²) in [4.78, 5) is 12.3. The second kappa shape index (κ2) is 10.5. The number of halogens is 1. The number of hydrogen-bond acceptors (Lipinski definition) is 4. The first-order valence-electron chi connectivity index (χ1n) is 10.4. The van der Waals surface area contributed by atoms with E-state index in [1.165, 1.54) is 10.8 Å². The molecule has 4 aromatic rings. The van der Waals surface area contributed by atoms with Gasteiger partial charge >= 0.3 is 0 Å².